The third-order valence-corrected chi connectivity index (χ3v) is 3.16. The number of carbonyl (C=O) groups is 1. The van der Waals surface area contributed by atoms with Gasteiger partial charge in [0.1, 0.15) is 0 Å². The molecule has 0 unspecified atom stereocenters. The number of anilines is 1. The van der Waals surface area contributed by atoms with Crippen molar-refractivity contribution >= 4 is 11.6 Å². The zero-order chi connectivity index (χ0) is 14.7. The Morgan fingerprint density at radius 3 is 2.80 bits per heavy atom. The number of rotatable bonds is 4. The van der Waals surface area contributed by atoms with Crippen LogP contribution >= 0.6 is 0 Å². The number of nitrogens with zero attached hydrogens (tertiary/aromatic N) is 1. The predicted octanol–water partition coefficient (Wildman–Crippen LogP) is 2.35. The average Bonchev–Trinajstić information content (AvgIpc) is 2.78. The van der Waals surface area contributed by atoms with E-state index in [-0.39, 0.29) is 17.5 Å². The highest BCUT2D eigenvalue weighted by atomic mass is 16.1. The van der Waals surface area contributed by atoms with Gasteiger partial charge in [-0.15, -0.1) is 0 Å². The van der Waals surface area contributed by atoms with Gasteiger partial charge in [-0.05, 0) is 18.4 Å². The molecule has 0 aliphatic carbocycles. The maximum atomic E-state index is 12.1. The van der Waals surface area contributed by atoms with Gasteiger partial charge >= 0.3 is 0 Å². The SMILES string of the molecule is Cc1cccc(CNC(=O)c2n[nH]c(C(C)C)c2N)c1. The van der Waals surface area contributed by atoms with Crippen molar-refractivity contribution in [2.45, 2.75) is 33.2 Å². The zero-order valence-electron chi connectivity index (χ0n) is 12.0. The number of benzene rings is 1. The number of aromatic amines is 1. The lowest BCUT2D eigenvalue weighted by atomic mass is 10.1. The summed E-state index contributed by atoms with van der Waals surface area (Å²) in [5.41, 5.74) is 9.66. The Morgan fingerprint density at radius 1 is 1.45 bits per heavy atom. The van der Waals surface area contributed by atoms with E-state index < -0.39 is 0 Å². The van der Waals surface area contributed by atoms with Crippen molar-refractivity contribution < 1.29 is 4.79 Å². The smallest absolute Gasteiger partial charge is 0.274 e. The summed E-state index contributed by atoms with van der Waals surface area (Å²) in [6.45, 7) is 6.48. The average molecular weight is 272 g/mol. The fourth-order valence-electron chi connectivity index (χ4n) is 2.07. The number of amides is 1. The number of nitrogens with one attached hydrogen (secondary N) is 2. The molecule has 1 heterocycles. The second kappa shape index (κ2) is 5.77. The highest BCUT2D eigenvalue weighted by Gasteiger charge is 2.18. The van der Waals surface area contributed by atoms with Crippen LogP contribution in [0, 0.1) is 6.92 Å². The highest BCUT2D eigenvalue weighted by Crippen LogP contribution is 2.21. The molecule has 1 aromatic carbocycles. The number of hydrogen-bond acceptors (Lipinski definition) is 3. The van der Waals surface area contributed by atoms with Gasteiger partial charge in [0.05, 0.1) is 11.4 Å². The van der Waals surface area contributed by atoms with Gasteiger partial charge in [0, 0.05) is 6.54 Å². The predicted molar refractivity (Wildman–Crippen MR) is 79.4 cm³/mol. The lowest BCUT2D eigenvalue weighted by molar-refractivity contribution is 0.0947. The Hall–Kier alpha value is -2.30. The number of aromatic nitrogens is 2. The van der Waals surface area contributed by atoms with Crippen LogP contribution in [0.15, 0.2) is 24.3 Å². The van der Waals surface area contributed by atoms with Crippen molar-refractivity contribution in [1.82, 2.24) is 15.5 Å². The minimum Gasteiger partial charge on any atom is -0.395 e. The summed E-state index contributed by atoms with van der Waals surface area (Å²) in [7, 11) is 0. The van der Waals surface area contributed by atoms with E-state index in [1.165, 1.54) is 0 Å². The molecule has 2 aromatic rings. The van der Waals surface area contributed by atoms with Crippen molar-refractivity contribution in [3.05, 3.63) is 46.8 Å². The molecule has 0 saturated carbocycles. The number of H-pyrrole nitrogens is 1. The number of hydrogen-bond donors (Lipinski definition) is 3. The molecule has 4 N–H and O–H groups in total. The normalized spacial score (nSPS) is 10.8. The molecule has 0 aliphatic rings. The minimum atomic E-state index is -0.257. The van der Waals surface area contributed by atoms with Crippen molar-refractivity contribution in [3.63, 3.8) is 0 Å². The number of aryl methyl sites for hydroxylation is 1. The maximum absolute atomic E-state index is 12.1. The molecule has 5 nitrogen and oxygen atoms in total. The van der Waals surface area contributed by atoms with Gasteiger partial charge in [-0.1, -0.05) is 43.7 Å². The van der Waals surface area contributed by atoms with E-state index in [1.807, 2.05) is 45.0 Å². The molecular weight excluding hydrogens is 252 g/mol. The lowest BCUT2D eigenvalue weighted by Gasteiger charge is -2.06. The summed E-state index contributed by atoms with van der Waals surface area (Å²) in [6, 6.07) is 8.00. The van der Waals surface area contributed by atoms with Gasteiger partial charge in [0.25, 0.3) is 5.91 Å². The third-order valence-electron chi connectivity index (χ3n) is 3.16. The van der Waals surface area contributed by atoms with E-state index >= 15 is 0 Å². The monoisotopic (exact) mass is 272 g/mol. The van der Waals surface area contributed by atoms with Crippen LogP contribution in [0.2, 0.25) is 0 Å². The fraction of sp³-hybridized carbons (Fsp3) is 0.333. The summed E-state index contributed by atoms with van der Waals surface area (Å²) in [5.74, 6) is -0.0482. The summed E-state index contributed by atoms with van der Waals surface area (Å²) in [6.07, 6.45) is 0. The van der Waals surface area contributed by atoms with E-state index in [0.29, 0.717) is 12.2 Å². The Bertz CT molecular complexity index is 616. The molecule has 106 valence electrons. The first-order valence-electron chi connectivity index (χ1n) is 6.66. The summed E-state index contributed by atoms with van der Waals surface area (Å²) >= 11 is 0. The topological polar surface area (TPSA) is 83.8 Å². The Morgan fingerprint density at radius 2 is 2.20 bits per heavy atom. The summed E-state index contributed by atoms with van der Waals surface area (Å²) < 4.78 is 0. The first kappa shape index (κ1) is 14.1. The minimum absolute atomic E-state index is 0.209. The van der Waals surface area contributed by atoms with Gasteiger partial charge in [-0.3, -0.25) is 9.89 Å². The van der Waals surface area contributed by atoms with Crippen molar-refractivity contribution in [3.8, 4) is 0 Å². The number of nitrogen functional groups attached to an aromatic ring is 1. The summed E-state index contributed by atoms with van der Waals surface area (Å²) in [4.78, 5) is 12.1. The molecule has 5 heteroatoms. The van der Waals surface area contributed by atoms with E-state index in [4.69, 9.17) is 5.73 Å². The Labute approximate surface area is 118 Å². The zero-order valence-corrected chi connectivity index (χ0v) is 12.0. The Kier molecular flexibility index (Phi) is 4.08. The molecule has 0 bridgehead atoms. The molecule has 2 rings (SSSR count). The molecule has 1 amide bonds. The van der Waals surface area contributed by atoms with Crippen LogP contribution in [0.3, 0.4) is 0 Å². The highest BCUT2D eigenvalue weighted by molar-refractivity contribution is 5.97. The standard InChI is InChI=1S/C15H20N4O/c1-9(2)13-12(16)14(19-18-13)15(20)17-8-11-6-4-5-10(3)7-11/h4-7,9H,8,16H2,1-3H3,(H,17,20)(H,18,19). The van der Waals surface area contributed by atoms with Crippen LogP contribution < -0.4 is 11.1 Å². The first-order chi connectivity index (χ1) is 9.49. The van der Waals surface area contributed by atoms with E-state index in [2.05, 4.69) is 15.5 Å². The first-order valence-corrected chi connectivity index (χ1v) is 6.66. The molecule has 0 aliphatic heterocycles. The molecule has 0 atom stereocenters. The van der Waals surface area contributed by atoms with Crippen molar-refractivity contribution in [2.75, 3.05) is 5.73 Å². The molecular formula is C15H20N4O. The molecule has 1 aromatic heterocycles. The van der Waals surface area contributed by atoms with Crippen LogP contribution in [0.4, 0.5) is 5.69 Å². The lowest BCUT2D eigenvalue weighted by Crippen LogP contribution is -2.24. The van der Waals surface area contributed by atoms with Gasteiger partial charge in [0.15, 0.2) is 5.69 Å². The van der Waals surface area contributed by atoms with E-state index in [0.717, 1.165) is 16.8 Å². The van der Waals surface area contributed by atoms with Gasteiger partial charge in [-0.25, -0.2) is 0 Å². The second-order valence-electron chi connectivity index (χ2n) is 5.23. The number of nitrogens with two attached hydrogens (primary N) is 1. The van der Waals surface area contributed by atoms with Crippen LogP contribution in [0.5, 0.6) is 0 Å². The quantitative estimate of drug-likeness (QED) is 0.798. The van der Waals surface area contributed by atoms with E-state index in [9.17, 15) is 4.79 Å². The maximum Gasteiger partial charge on any atom is 0.274 e. The van der Waals surface area contributed by atoms with Crippen LogP contribution in [0.25, 0.3) is 0 Å². The summed E-state index contributed by atoms with van der Waals surface area (Å²) in [5, 5.41) is 9.66. The Balaban J connectivity index is 2.05. The fourth-order valence-corrected chi connectivity index (χ4v) is 2.07. The van der Waals surface area contributed by atoms with E-state index in [1.54, 1.807) is 0 Å². The van der Waals surface area contributed by atoms with Gasteiger partial charge in [-0.2, -0.15) is 5.10 Å². The van der Waals surface area contributed by atoms with Crippen LogP contribution in [-0.4, -0.2) is 16.1 Å². The second-order valence-corrected chi connectivity index (χ2v) is 5.23. The van der Waals surface area contributed by atoms with Crippen LogP contribution in [-0.2, 0) is 6.54 Å². The van der Waals surface area contributed by atoms with Gasteiger partial charge in [0.2, 0.25) is 0 Å². The molecule has 0 radical (unpaired) electrons. The third kappa shape index (κ3) is 2.99. The van der Waals surface area contributed by atoms with Crippen molar-refractivity contribution in [1.29, 1.82) is 0 Å². The largest absolute Gasteiger partial charge is 0.395 e. The molecule has 0 fully saturated rings. The van der Waals surface area contributed by atoms with Crippen molar-refractivity contribution in [2.24, 2.45) is 0 Å². The molecule has 0 saturated heterocycles. The molecule has 0 spiro atoms. The molecule has 20 heavy (non-hydrogen) atoms. The number of carbonyl (C=O) groups excluding carboxylic acids is 1. The van der Waals surface area contributed by atoms with Gasteiger partial charge < -0.3 is 11.1 Å². The van der Waals surface area contributed by atoms with Crippen LogP contribution in [0.1, 0.15) is 47.1 Å².